The molecule has 2 rings (SSSR count). The molecule has 148 valence electrons. The van der Waals surface area contributed by atoms with E-state index in [9.17, 15) is 14.0 Å². The lowest BCUT2D eigenvalue weighted by atomic mass is 10.2. The molecule has 0 aliphatic carbocycles. The van der Waals surface area contributed by atoms with Crippen LogP contribution in [0.3, 0.4) is 0 Å². The molecule has 0 aliphatic heterocycles. The maximum Gasteiger partial charge on any atom is 0.407 e. The predicted octanol–water partition coefficient (Wildman–Crippen LogP) is 4.70. The second-order valence-electron chi connectivity index (χ2n) is 7.18. The summed E-state index contributed by atoms with van der Waals surface area (Å²) in [7, 11) is 0. The SMILES string of the molecule is CCOC(=O)c1cc2cc(F)c(Cl)cc2n1C(C)CNC(=O)OC(C)(C)C. The van der Waals surface area contributed by atoms with Crippen LogP contribution in [0.15, 0.2) is 18.2 Å². The number of nitrogens with zero attached hydrogens (tertiary/aromatic N) is 1. The van der Waals surface area contributed by atoms with E-state index in [1.807, 2.05) is 6.92 Å². The van der Waals surface area contributed by atoms with Gasteiger partial charge in [-0.15, -0.1) is 0 Å². The fourth-order valence-corrected chi connectivity index (χ4v) is 2.85. The van der Waals surface area contributed by atoms with E-state index in [0.29, 0.717) is 10.9 Å². The Morgan fingerprint density at radius 2 is 1.96 bits per heavy atom. The number of aromatic nitrogens is 1. The van der Waals surface area contributed by atoms with Crippen molar-refractivity contribution >= 4 is 34.6 Å². The Morgan fingerprint density at radius 3 is 2.56 bits per heavy atom. The molecule has 1 amide bonds. The largest absolute Gasteiger partial charge is 0.461 e. The first kappa shape index (κ1) is 21.0. The third-order valence-electron chi connectivity index (χ3n) is 3.75. The lowest BCUT2D eigenvalue weighted by Gasteiger charge is -2.22. The number of amides is 1. The number of alkyl carbamates (subject to hydrolysis) is 1. The summed E-state index contributed by atoms with van der Waals surface area (Å²) in [5.74, 6) is -1.11. The minimum Gasteiger partial charge on any atom is -0.461 e. The second kappa shape index (κ2) is 8.17. The molecule has 0 radical (unpaired) electrons. The van der Waals surface area contributed by atoms with E-state index in [0.717, 1.165) is 0 Å². The molecule has 2 aromatic rings. The van der Waals surface area contributed by atoms with Gasteiger partial charge in [-0.3, -0.25) is 0 Å². The first-order valence-corrected chi connectivity index (χ1v) is 9.05. The number of hydrogen-bond acceptors (Lipinski definition) is 4. The van der Waals surface area contributed by atoms with Crippen molar-refractivity contribution < 1.29 is 23.5 Å². The summed E-state index contributed by atoms with van der Waals surface area (Å²) in [6, 6.07) is 3.94. The van der Waals surface area contributed by atoms with E-state index >= 15 is 0 Å². The normalized spacial score (nSPS) is 12.7. The molecule has 1 aromatic heterocycles. The van der Waals surface area contributed by atoms with Crippen LogP contribution in [0.25, 0.3) is 10.9 Å². The molecule has 27 heavy (non-hydrogen) atoms. The number of nitrogens with one attached hydrogen (secondary N) is 1. The maximum absolute atomic E-state index is 13.8. The topological polar surface area (TPSA) is 69.6 Å². The fourth-order valence-electron chi connectivity index (χ4n) is 2.70. The monoisotopic (exact) mass is 398 g/mol. The zero-order chi connectivity index (χ0) is 20.4. The van der Waals surface area contributed by atoms with Crippen LogP contribution in [0.5, 0.6) is 0 Å². The van der Waals surface area contributed by atoms with Crippen LogP contribution in [0.4, 0.5) is 9.18 Å². The molecular formula is C19H24ClFN2O4. The number of carbonyl (C=O) groups excluding carboxylic acids is 2. The third-order valence-corrected chi connectivity index (χ3v) is 4.04. The summed E-state index contributed by atoms with van der Waals surface area (Å²) in [5, 5.41) is 3.14. The van der Waals surface area contributed by atoms with Gasteiger partial charge in [0.2, 0.25) is 0 Å². The smallest absolute Gasteiger partial charge is 0.407 e. The number of rotatable bonds is 5. The Bertz CT molecular complexity index is 857. The molecule has 8 heteroatoms. The van der Waals surface area contributed by atoms with Crippen molar-refractivity contribution in [1.29, 1.82) is 0 Å². The van der Waals surface area contributed by atoms with Gasteiger partial charge in [0, 0.05) is 18.0 Å². The van der Waals surface area contributed by atoms with E-state index in [1.54, 1.807) is 38.3 Å². The van der Waals surface area contributed by atoms with Crippen LogP contribution in [0, 0.1) is 5.82 Å². The highest BCUT2D eigenvalue weighted by Crippen LogP contribution is 2.29. The summed E-state index contributed by atoms with van der Waals surface area (Å²) in [4.78, 5) is 24.3. The van der Waals surface area contributed by atoms with Gasteiger partial charge >= 0.3 is 12.1 Å². The average molecular weight is 399 g/mol. The molecule has 1 aromatic carbocycles. The summed E-state index contributed by atoms with van der Waals surface area (Å²) >= 11 is 5.92. The summed E-state index contributed by atoms with van der Waals surface area (Å²) < 4.78 is 25.8. The molecule has 1 heterocycles. The predicted molar refractivity (Wildman–Crippen MR) is 102 cm³/mol. The van der Waals surface area contributed by atoms with Gasteiger partial charge in [-0.2, -0.15) is 0 Å². The van der Waals surface area contributed by atoms with Gasteiger partial charge in [0.25, 0.3) is 0 Å². The fraction of sp³-hybridized carbons (Fsp3) is 0.474. The summed E-state index contributed by atoms with van der Waals surface area (Å²) in [6.45, 7) is 9.23. The molecule has 0 fully saturated rings. The zero-order valence-corrected chi connectivity index (χ0v) is 16.8. The molecule has 1 N–H and O–H groups in total. The van der Waals surface area contributed by atoms with Crippen molar-refractivity contribution in [2.45, 2.75) is 46.3 Å². The zero-order valence-electron chi connectivity index (χ0n) is 16.1. The highest BCUT2D eigenvalue weighted by molar-refractivity contribution is 6.31. The third kappa shape index (κ3) is 5.13. The standard InChI is InChI=1S/C19H24ClFN2O4/c1-6-26-17(24)16-8-12-7-14(21)13(20)9-15(12)23(16)11(2)10-22-18(25)27-19(3,4)5/h7-9,11H,6,10H2,1-5H3,(H,22,25). The van der Waals surface area contributed by atoms with Crippen LogP contribution >= 0.6 is 11.6 Å². The first-order valence-electron chi connectivity index (χ1n) is 8.67. The lowest BCUT2D eigenvalue weighted by Crippen LogP contribution is -2.35. The molecule has 0 spiro atoms. The summed E-state index contributed by atoms with van der Waals surface area (Å²) in [5.41, 5.74) is 0.212. The number of halogens is 2. The van der Waals surface area contributed by atoms with E-state index in [-0.39, 0.29) is 29.9 Å². The minimum absolute atomic E-state index is 0.0513. The molecule has 0 bridgehead atoms. The Hall–Kier alpha value is -2.28. The van der Waals surface area contributed by atoms with Gasteiger partial charge in [-0.1, -0.05) is 11.6 Å². The Morgan fingerprint density at radius 1 is 1.30 bits per heavy atom. The maximum atomic E-state index is 13.8. The van der Waals surface area contributed by atoms with Crippen molar-refractivity contribution in [2.24, 2.45) is 0 Å². The van der Waals surface area contributed by atoms with Gasteiger partial charge in [0.1, 0.15) is 17.1 Å². The molecule has 1 unspecified atom stereocenters. The first-order chi connectivity index (χ1) is 12.5. The molecule has 0 aliphatic rings. The number of benzene rings is 1. The quantitative estimate of drug-likeness (QED) is 0.741. The van der Waals surface area contributed by atoms with E-state index in [1.165, 1.54) is 12.1 Å². The number of ether oxygens (including phenoxy) is 2. The Balaban J connectivity index is 2.36. The van der Waals surface area contributed by atoms with E-state index < -0.39 is 23.5 Å². The second-order valence-corrected chi connectivity index (χ2v) is 7.58. The highest BCUT2D eigenvalue weighted by Gasteiger charge is 2.23. The Kier molecular flexibility index (Phi) is 6.36. The highest BCUT2D eigenvalue weighted by atomic mass is 35.5. The number of fused-ring (bicyclic) bond motifs is 1. The number of carbonyl (C=O) groups is 2. The molecule has 0 saturated heterocycles. The number of hydrogen-bond donors (Lipinski definition) is 1. The van der Waals surface area contributed by atoms with Crippen molar-refractivity contribution in [1.82, 2.24) is 9.88 Å². The van der Waals surface area contributed by atoms with Crippen LogP contribution in [-0.4, -0.2) is 35.4 Å². The van der Waals surface area contributed by atoms with Crippen molar-refractivity contribution in [3.63, 3.8) is 0 Å². The van der Waals surface area contributed by atoms with Crippen molar-refractivity contribution in [3.05, 3.63) is 34.7 Å². The van der Waals surface area contributed by atoms with Crippen LogP contribution in [-0.2, 0) is 9.47 Å². The number of esters is 1. The molecule has 0 saturated carbocycles. The van der Waals surface area contributed by atoms with Gasteiger partial charge in [0.05, 0.1) is 17.1 Å². The van der Waals surface area contributed by atoms with Gasteiger partial charge in [-0.25, -0.2) is 14.0 Å². The lowest BCUT2D eigenvalue weighted by molar-refractivity contribution is 0.0512. The minimum atomic E-state index is -0.616. The summed E-state index contributed by atoms with van der Waals surface area (Å²) in [6.07, 6.45) is -0.562. The van der Waals surface area contributed by atoms with Crippen molar-refractivity contribution in [2.75, 3.05) is 13.2 Å². The molecule has 1 atom stereocenters. The van der Waals surface area contributed by atoms with Crippen LogP contribution in [0.1, 0.15) is 51.1 Å². The van der Waals surface area contributed by atoms with E-state index in [4.69, 9.17) is 21.1 Å². The van der Waals surface area contributed by atoms with Crippen LogP contribution in [0.2, 0.25) is 5.02 Å². The van der Waals surface area contributed by atoms with Gasteiger partial charge in [-0.05, 0) is 52.8 Å². The average Bonchev–Trinajstić information content (AvgIpc) is 2.90. The van der Waals surface area contributed by atoms with E-state index in [2.05, 4.69) is 5.32 Å². The van der Waals surface area contributed by atoms with Crippen molar-refractivity contribution in [3.8, 4) is 0 Å². The molecule has 6 nitrogen and oxygen atoms in total. The molecular weight excluding hydrogens is 375 g/mol. The Labute approximate surface area is 162 Å². The van der Waals surface area contributed by atoms with Crippen LogP contribution < -0.4 is 5.32 Å². The van der Waals surface area contributed by atoms with Gasteiger partial charge < -0.3 is 19.4 Å². The van der Waals surface area contributed by atoms with Gasteiger partial charge in [0.15, 0.2) is 0 Å².